The van der Waals surface area contributed by atoms with Crippen molar-refractivity contribution in [1.29, 1.82) is 0 Å². The van der Waals surface area contributed by atoms with Gasteiger partial charge >= 0.3 is 0 Å². The van der Waals surface area contributed by atoms with Gasteiger partial charge in [-0.1, -0.05) is 11.6 Å². The summed E-state index contributed by atoms with van der Waals surface area (Å²) in [6.45, 7) is 1.57. The molecule has 2 rings (SSSR count). The molecule has 0 fully saturated rings. The van der Waals surface area contributed by atoms with Crippen molar-refractivity contribution in [2.75, 3.05) is 0 Å². The van der Waals surface area contributed by atoms with E-state index in [2.05, 4.69) is 0 Å². The molecular formula is C13H11ClO7S2. The Bertz CT molecular complexity index is 966. The molecule has 124 valence electrons. The molecule has 23 heavy (non-hydrogen) atoms. The third-order valence-electron chi connectivity index (χ3n) is 2.85. The first-order chi connectivity index (χ1) is 10.5. The highest BCUT2D eigenvalue weighted by Gasteiger charge is 2.16. The predicted molar refractivity (Wildman–Crippen MR) is 82.3 cm³/mol. The van der Waals surface area contributed by atoms with Gasteiger partial charge in [0, 0.05) is 6.07 Å². The van der Waals surface area contributed by atoms with E-state index in [1.807, 2.05) is 0 Å². The van der Waals surface area contributed by atoms with Gasteiger partial charge in [0.25, 0.3) is 20.2 Å². The maximum Gasteiger partial charge on any atom is 0.296 e. The predicted octanol–water partition coefficient (Wildman–Crippen LogP) is 2.93. The average Bonchev–Trinajstić information content (AvgIpc) is 2.38. The maximum absolute atomic E-state index is 11.1. The summed E-state index contributed by atoms with van der Waals surface area (Å²) in [6, 6.07) is 7.27. The number of benzene rings is 2. The highest BCUT2D eigenvalue weighted by Crippen LogP contribution is 2.31. The van der Waals surface area contributed by atoms with Crippen molar-refractivity contribution in [3.63, 3.8) is 0 Å². The van der Waals surface area contributed by atoms with Crippen LogP contribution in [0.15, 0.2) is 46.2 Å². The van der Waals surface area contributed by atoms with Crippen LogP contribution in [0, 0.1) is 6.92 Å². The molecule has 2 aromatic rings. The molecule has 0 bridgehead atoms. The molecule has 0 atom stereocenters. The van der Waals surface area contributed by atoms with E-state index in [1.165, 1.54) is 24.3 Å². The third-order valence-corrected chi connectivity index (χ3v) is 5.04. The van der Waals surface area contributed by atoms with Crippen LogP contribution >= 0.6 is 11.6 Å². The Balaban J connectivity index is 2.35. The minimum atomic E-state index is -4.44. The molecular weight excluding hydrogens is 368 g/mol. The molecule has 0 spiro atoms. The molecule has 0 amide bonds. The van der Waals surface area contributed by atoms with Gasteiger partial charge in [-0.2, -0.15) is 16.8 Å². The molecule has 10 heteroatoms. The van der Waals surface area contributed by atoms with Gasteiger partial charge in [0.05, 0.1) is 9.92 Å². The lowest BCUT2D eigenvalue weighted by Gasteiger charge is -2.10. The summed E-state index contributed by atoms with van der Waals surface area (Å²) < 4.78 is 67.6. The summed E-state index contributed by atoms with van der Waals surface area (Å²) in [5.41, 5.74) is 0.426. The van der Waals surface area contributed by atoms with Crippen LogP contribution in [0.1, 0.15) is 5.56 Å². The lowest BCUT2D eigenvalue weighted by Crippen LogP contribution is -2.00. The average molecular weight is 379 g/mol. The highest BCUT2D eigenvalue weighted by molar-refractivity contribution is 7.86. The molecule has 0 aliphatic heterocycles. The van der Waals surface area contributed by atoms with E-state index in [4.69, 9.17) is 25.4 Å². The Morgan fingerprint density at radius 1 is 0.957 bits per heavy atom. The molecule has 0 aliphatic rings. The molecule has 0 aromatic heterocycles. The molecule has 0 heterocycles. The topological polar surface area (TPSA) is 118 Å². The summed E-state index contributed by atoms with van der Waals surface area (Å²) in [5, 5.41) is -0.225. The quantitative estimate of drug-likeness (QED) is 0.785. The summed E-state index contributed by atoms with van der Waals surface area (Å²) in [7, 11) is -8.75. The Hall–Kier alpha value is -1.65. The van der Waals surface area contributed by atoms with Gasteiger partial charge in [-0.25, -0.2) is 0 Å². The van der Waals surface area contributed by atoms with Crippen LogP contribution in [0.25, 0.3) is 0 Å². The summed E-state index contributed by atoms with van der Waals surface area (Å²) in [4.78, 5) is -0.730. The molecule has 0 saturated carbocycles. The van der Waals surface area contributed by atoms with Gasteiger partial charge in [0.1, 0.15) is 16.4 Å². The van der Waals surface area contributed by atoms with E-state index < -0.39 is 25.1 Å². The van der Waals surface area contributed by atoms with Crippen molar-refractivity contribution in [2.45, 2.75) is 16.7 Å². The minimum absolute atomic E-state index is 0.185. The van der Waals surface area contributed by atoms with Gasteiger partial charge in [-0.05, 0) is 42.8 Å². The van der Waals surface area contributed by atoms with Crippen molar-refractivity contribution < 1.29 is 30.7 Å². The van der Waals surface area contributed by atoms with Crippen LogP contribution in [0.2, 0.25) is 5.02 Å². The molecule has 0 unspecified atom stereocenters. The zero-order valence-electron chi connectivity index (χ0n) is 11.6. The first-order valence-electron chi connectivity index (χ1n) is 6.01. The zero-order valence-corrected chi connectivity index (χ0v) is 14.0. The maximum atomic E-state index is 11.1. The Morgan fingerprint density at radius 2 is 1.61 bits per heavy atom. The Morgan fingerprint density at radius 3 is 2.09 bits per heavy atom. The fourth-order valence-corrected chi connectivity index (χ4v) is 3.35. The van der Waals surface area contributed by atoms with Crippen LogP contribution < -0.4 is 4.74 Å². The molecule has 0 aliphatic carbocycles. The summed E-state index contributed by atoms with van der Waals surface area (Å²) in [6.07, 6.45) is 0. The normalized spacial score (nSPS) is 12.2. The Labute approximate surface area is 138 Å². The first-order valence-corrected chi connectivity index (χ1v) is 9.27. The highest BCUT2D eigenvalue weighted by atomic mass is 35.5. The summed E-state index contributed by atoms with van der Waals surface area (Å²) >= 11 is 5.77. The van der Waals surface area contributed by atoms with Gasteiger partial charge in [-0.3, -0.25) is 9.11 Å². The second kappa shape index (κ2) is 6.10. The fourth-order valence-electron chi connectivity index (χ4n) is 1.78. The number of rotatable bonds is 4. The number of aryl methyl sites for hydroxylation is 1. The third kappa shape index (κ3) is 4.21. The van der Waals surface area contributed by atoms with E-state index >= 15 is 0 Å². The monoisotopic (exact) mass is 378 g/mol. The van der Waals surface area contributed by atoms with Crippen LogP contribution in [-0.2, 0) is 20.2 Å². The standard InChI is InChI=1S/C13H11ClO7S2/c1-8-6-10(22(15,16)17)3-4-12(8)21-9-2-5-13(11(14)7-9)23(18,19)20/h2-7H,1H3,(H,15,16,17)(H,18,19,20). The van der Waals surface area contributed by atoms with E-state index in [0.717, 1.165) is 12.1 Å². The van der Waals surface area contributed by atoms with E-state index in [0.29, 0.717) is 5.56 Å². The van der Waals surface area contributed by atoms with Crippen molar-refractivity contribution in [3.05, 3.63) is 47.0 Å². The van der Waals surface area contributed by atoms with Crippen LogP contribution in [0.3, 0.4) is 0 Å². The van der Waals surface area contributed by atoms with E-state index in [-0.39, 0.29) is 21.4 Å². The lowest BCUT2D eigenvalue weighted by atomic mass is 10.2. The number of hydrogen-bond acceptors (Lipinski definition) is 5. The van der Waals surface area contributed by atoms with Crippen molar-refractivity contribution >= 4 is 31.8 Å². The zero-order chi connectivity index (χ0) is 17.4. The molecule has 0 radical (unpaired) electrons. The van der Waals surface area contributed by atoms with Crippen molar-refractivity contribution in [3.8, 4) is 11.5 Å². The van der Waals surface area contributed by atoms with E-state index in [9.17, 15) is 16.8 Å². The molecule has 0 saturated heterocycles. The number of halogens is 1. The SMILES string of the molecule is Cc1cc(S(=O)(=O)O)ccc1Oc1ccc(S(=O)(=O)O)c(Cl)c1. The van der Waals surface area contributed by atoms with E-state index in [1.54, 1.807) is 6.92 Å². The first kappa shape index (κ1) is 17.7. The van der Waals surface area contributed by atoms with Crippen molar-refractivity contribution in [1.82, 2.24) is 0 Å². The summed E-state index contributed by atoms with van der Waals surface area (Å²) in [5.74, 6) is 0.471. The smallest absolute Gasteiger partial charge is 0.296 e. The number of ether oxygens (including phenoxy) is 1. The van der Waals surface area contributed by atoms with Crippen LogP contribution in [0.4, 0.5) is 0 Å². The van der Waals surface area contributed by atoms with Crippen LogP contribution in [-0.4, -0.2) is 25.9 Å². The second-order valence-electron chi connectivity index (χ2n) is 4.57. The van der Waals surface area contributed by atoms with Gasteiger partial charge in [0.15, 0.2) is 0 Å². The van der Waals surface area contributed by atoms with Crippen molar-refractivity contribution in [2.24, 2.45) is 0 Å². The fraction of sp³-hybridized carbons (Fsp3) is 0.0769. The van der Waals surface area contributed by atoms with Gasteiger partial charge in [-0.15, -0.1) is 0 Å². The largest absolute Gasteiger partial charge is 0.457 e. The molecule has 2 aromatic carbocycles. The molecule has 7 nitrogen and oxygen atoms in total. The van der Waals surface area contributed by atoms with Gasteiger partial charge < -0.3 is 4.74 Å². The molecule has 2 N–H and O–H groups in total. The minimum Gasteiger partial charge on any atom is -0.457 e. The lowest BCUT2D eigenvalue weighted by molar-refractivity contribution is 0.474. The second-order valence-corrected chi connectivity index (χ2v) is 7.79. The van der Waals surface area contributed by atoms with Gasteiger partial charge in [0.2, 0.25) is 0 Å². The number of hydrogen-bond donors (Lipinski definition) is 2. The Kier molecular flexibility index (Phi) is 4.69. The van der Waals surface area contributed by atoms with Crippen LogP contribution in [0.5, 0.6) is 11.5 Å².